The molecule has 1 aliphatic rings. The van der Waals surface area contributed by atoms with Crippen LogP contribution >= 0.6 is 0 Å². The number of carbonyl (C=O) groups is 2. The average molecular weight is 343 g/mol. The highest BCUT2D eigenvalue weighted by molar-refractivity contribution is 5.92. The number of aryl methyl sites for hydroxylation is 1. The molecule has 2 rings (SSSR count). The van der Waals surface area contributed by atoms with E-state index in [1.807, 2.05) is 49.1 Å². The van der Waals surface area contributed by atoms with E-state index in [9.17, 15) is 9.59 Å². The van der Waals surface area contributed by atoms with Crippen LogP contribution in [0.25, 0.3) is 6.08 Å². The van der Waals surface area contributed by atoms with Gasteiger partial charge in [0.2, 0.25) is 5.91 Å². The van der Waals surface area contributed by atoms with Crippen molar-refractivity contribution in [3.8, 4) is 0 Å². The molecule has 0 aromatic heterocycles. The SMILES string of the molecule is COC(=O)C(C)CN(C(=O)/C=C/c1ccc(C)cc1)C1CCCCC1. The molecule has 0 saturated heterocycles. The summed E-state index contributed by atoms with van der Waals surface area (Å²) in [6.45, 7) is 4.27. The molecule has 4 heteroatoms. The average Bonchev–Trinajstić information content (AvgIpc) is 2.65. The van der Waals surface area contributed by atoms with Crippen molar-refractivity contribution in [1.29, 1.82) is 0 Å². The van der Waals surface area contributed by atoms with Gasteiger partial charge in [-0.3, -0.25) is 9.59 Å². The van der Waals surface area contributed by atoms with Crippen molar-refractivity contribution < 1.29 is 14.3 Å². The van der Waals surface area contributed by atoms with Crippen molar-refractivity contribution in [3.63, 3.8) is 0 Å². The van der Waals surface area contributed by atoms with E-state index in [1.54, 1.807) is 6.08 Å². The van der Waals surface area contributed by atoms with Crippen LogP contribution in [0, 0.1) is 12.8 Å². The third-order valence-corrected chi connectivity index (χ3v) is 4.87. The number of nitrogens with zero attached hydrogens (tertiary/aromatic N) is 1. The summed E-state index contributed by atoms with van der Waals surface area (Å²) in [6.07, 6.45) is 9.01. The van der Waals surface area contributed by atoms with Crippen LogP contribution in [-0.2, 0) is 14.3 Å². The summed E-state index contributed by atoms with van der Waals surface area (Å²) < 4.78 is 4.83. The minimum atomic E-state index is -0.316. The molecule has 1 atom stereocenters. The Morgan fingerprint density at radius 2 is 1.84 bits per heavy atom. The molecule has 25 heavy (non-hydrogen) atoms. The lowest BCUT2D eigenvalue weighted by atomic mass is 9.93. The molecule has 0 spiro atoms. The van der Waals surface area contributed by atoms with Gasteiger partial charge in [0.15, 0.2) is 0 Å². The fourth-order valence-electron chi connectivity index (χ4n) is 3.32. The third-order valence-electron chi connectivity index (χ3n) is 4.87. The van der Waals surface area contributed by atoms with E-state index in [0.717, 1.165) is 31.2 Å². The second-order valence-corrected chi connectivity index (χ2v) is 6.95. The third kappa shape index (κ3) is 5.73. The highest BCUT2D eigenvalue weighted by atomic mass is 16.5. The maximum absolute atomic E-state index is 12.8. The Balaban J connectivity index is 2.10. The maximum atomic E-state index is 12.8. The summed E-state index contributed by atoms with van der Waals surface area (Å²) >= 11 is 0. The van der Waals surface area contributed by atoms with Crippen LogP contribution < -0.4 is 0 Å². The van der Waals surface area contributed by atoms with Gasteiger partial charge in [0, 0.05) is 18.7 Å². The molecule has 1 fully saturated rings. The number of ether oxygens (including phenoxy) is 1. The van der Waals surface area contributed by atoms with Gasteiger partial charge in [0.05, 0.1) is 13.0 Å². The minimum Gasteiger partial charge on any atom is -0.469 e. The standard InChI is InChI=1S/C21H29NO3/c1-16-9-11-18(12-10-16)13-14-20(23)22(15-17(2)21(24)25-3)19-7-5-4-6-8-19/h9-14,17,19H,4-8,15H2,1-3H3/b14-13+. The van der Waals surface area contributed by atoms with E-state index < -0.39 is 0 Å². The van der Waals surface area contributed by atoms with Gasteiger partial charge in [-0.2, -0.15) is 0 Å². The van der Waals surface area contributed by atoms with Crippen molar-refractivity contribution >= 4 is 18.0 Å². The number of carbonyl (C=O) groups excluding carboxylic acids is 2. The maximum Gasteiger partial charge on any atom is 0.310 e. The summed E-state index contributed by atoms with van der Waals surface area (Å²) in [7, 11) is 1.39. The Morgan fingerprint density at radius 3 is 2.44 bits per heavy atom. The van der Waals surface area contributed by atoms with Gasteiger partial charge >= 0.3 is 5.97 Å². The number of hydrogen-bond donors (Lipinski definition) is 0. The number of amides is 1. The predicted octanol–water partition coefficient (Wildman–Crippen LogP) is 3.98. The molecule has 136 valence electrons. The topological polar surface area (TPSA) is 46.6 Å². The molecule has 0 aliphatic heterocycles. The van der Waals surface area contributed by atoms with E-state index in [2.05, 4.69) is 0 Å². The largest absolute Gasteiger partial charge is 0.469 e. The van der Waals surface area contributed by atoms with Crippen molar-refractivity contribution in [2.75, 3.05) is 13.7 Å². The normalized spacial score (nSPS) is 16.6. The predicted molar refractivity (Wildman–Crippen MR) is 100.0 cm³/mol. The molecule has 1 aliphatic carbocycles. The zero-order valence-corrected chi connectivity index (χ0v) is 15.5. The van der Waals surface area contributed by atoms with Crippen LogP contribution in [0.15, 0.2) is 30.3 Å². The van der Waals surface area contributed by atoms with E-state index in [0.29, 0.717) is 6.54 Å². The summed E-state index contributed by atoms with van der Waals surface area (Å²) in [5, 5.41) is 0. The van der Waals surface area contributed by atoms with Crippen LogP contribution in [0.4, 0.5) is 0 Å². The van der Waals surface area contributed by atoms with Gasteiger partial charge < -0.3 is 9.64 Å². The van der Waals surface area contributed by atoms with Crippen LogP contribution in [0.5, 0.6) is 0 Å². The Labute approximate surface area is 150 Å². The first-order valence-corrected chi connectivity index (χ1v) is 9.14. The molecule has 1 aromatic carbocycles. The Kier molecular flexibility index (Phi) is 7.23. The molecule has 1 amide bonds. The summed E-state index contributed by atoms with van der Waals surface area (Å²) in [6, 6.07) is 8.28. The second-order valence-electron chi connectivity index (χ2n) is 6.95. The van der Waals surface area contributed by atoms with E-state index in [1.165, 1.54) is 19.1 Å². The molecule has 0 radical (unpaired) electrons. The second kappa shape index (κ2) is 9.40. The number of hydrogen-bond acceptors (Lipinski definition) is 3. The van der Waals surface area contributed by atoms with Crippen LogP contribution in [0.3, 0.4) is 0 Å². The fourth-order valence-corrected chi connectivity index (χ4v) is 3.32. The lowest BCUT2D eigenvalue weighted by Gasteiger charge is -2.35. The molecule has 0 N–H and O–H groups in total. The monoisotopic (exact) mass is 343 g/mol. The Bertz CT molecular complexity index is 600. The van der Waals surface area contributed by atoms with E-state index in [-0.39, 0.29) is 23.8 Å². The number of rotatable bonds is 6. The van der Waals surface area contributed by atoms with Crippen molar-refractivity contribution in [1.82, 2.24) is 4.90 Å². The summed E-state index contributed by atoms with van der Waals surface area (Å²) in [4.78, 5) is 26.5. The first kappa shape index (κ1) is 19.2. The van der Waals surface area contributed by atoms with Gasteiger partial charge in [0.25, 0.3) is 0 Å². The molecule has 4 nitrogen and oxygen atoms in total. The number of esters is 1. The molecule has 0 bridgehead atoms. The van der Waals surface area contributed by atoms with Crippen molar-refractivity contribution in [3.05, 3.63) is 41.5 Å². The minimum absolute atomic E-state index is 0.0248. The first-order chi connectivity index (χ1) is 12.0. The van der Waals surface area contributed by atoms with Gasteiger partial charge in [-0.05, 0) is 31.4 Å². The molecular formula is C21H29NO3. The quantitative estimate of drug-likeness (QED) is 0.580. The number of benzene rings is 1. The van der Waals surface area contributed by atoms with Gasteiger partial charge in [-0.15, -0.1) is 0 Å². The van der Waals surface area contributed by atoms with Crippen molar-refractivity contribution in [2.45, 2.75) is 52.0 Å². The Morgan fingerprint density at radius 1 is 1.20 bits per heavy atom. The van der Waals surface area contributed by atoms with Gasteiger partial charge in [-0.25, -0.2) is 0 Å². The van der Waals surface area contributed by atoms with Gasteiger partial charge in [-0.1, -0.05) is 56.0 Å². The summed E-state index contributed by atoms with van der Waals surface area (Å²) in [5.41, 5.74) is 2.20. The van der Waals surface area contributed by atoms with Crippen LogP contribution in [-0.4, -0.2) is 36.5 Å². The smallest absolute Gasteiger partial charge is 0.310 e. The van der Waals surface area contributed by atoms with E-state index >= 15 is 0 Å². The lowest BCUT2D eigenvalue weighted by Crippen LogP contribution is -2.44. The fraction of sp³-hybridized carbons (Fsp3) is 0.524. The molecule has 1 aromatic rings. The molecule has 1 saturated carbocycles. The van der Waals surface area contributed by atoms with Crippen LogP contribution in [0.2, 0.25) is 0 Å². The zero-order valence-electron chi connectivity index (χ0n) is 15.5. The summed E-state index contributed by atoms with van der Waals surface area (Å²) in [5.74, 6) is -0.608. The molecule has 0 heterocycles. The highest BCUT2D eigenvalue weighted by Crippen LogP contribution is 2.24. The molecular weight excluding hydrogens is 314 g/mol. The van der Waals surface area contributed by atoms with Gasteiger partial charge in [0.1, 0.15) is 0 Å². The number of methoxy groups -OCH3 is 1. The highest BCUT2D eigenvalue weighted by Gasteiger charge is 2.27. The van der Waals surface area contributed by atoms with Crippen molar-refractivity contribution in [2.24, 2.45) is 5.92 Å². The lowest BCUT2D eigenvalue weighted by molar-refractivity contribution is -0.146. The zero-order chi connectivity index (χ0) is 18.2. The Hall–Kier alpha value is -2.10. The van der Waals surface area contributed by atoms with E-state index in [4.69, 9.17) is 4.74 Å². The molecule has 1 unspecified atom stereocenters. The van der Waals surface area contributed by atoms with Crippen LogP contribution in [0.1, 0.15) is 50.2 Å². The first-order valence-electron chi connectivity index (χ1n) is 9.14.